The van der Waals surface area contributed by atoms with Crippen LogP contribution in [-0.4, -0.2) is 44.2 Å². The SMILES string of the molecule is O=C(O)c1cn(C2CC(NC(=O)C(F)(F)F)C2)nn1. The molecule has 1 aromatic rings. The van der Waals surface area contributed by atoms with Gasteiger partial charge < -0.3 is 10.4 Å². The number of aromatic carboxylic acids is 1. The Labute approximate surface area is 104 Å². The third kappa shape index (κ3) is 2.83. The average molecular weight is 278 g/mol. The van der Waals surface area contributed by atoms with Crippen LogP contribution >= 0.6 is 0 Å². The number of carboxylic acid groups (broad SMARTS) is 1. The maximum Gasteiger partial charge on any atom is 0.471 e. The third-order valence-electron chi connectivity index (χ3n) is 2.81. The molecule has 10 heteroatoms. The van der Waals surface area contributed by atoms with Crippen molar-refractivity contribution in [1.29, 1.82) is 0 Å². The summed E-state index contributed by atoms with van der Waals surface area (Å²) in [6.07, 6.45) is -3.18. The number of hydrogen-bond acceptors (Lipinski definition) is 4. The molecule has 0 unspecified atom stereocenters. The number of carboxylic acids is 1. The van der Waals surface area contributed by atoms with Crippen molar-refractivity contribution in [2.45, 2.75) is 31.1 Å². The number of aromatic nitrogens is 3. The third-order valence-corrected chi connectivity index (χ3v) is 2.81. The van der Waals surface area contributed by atoms with E-state index in [2.05, 4.69) is 10.3 Å². The number of nitrogens with one attached hydrogen (secondary N) is 1. The van der Waals surface area contributed by atoms with Crippen molar-refractivity contribution in [2.24, 2.45) is 0 Å². The summed E-state index contributed by atoms with van der Waals surface area (Å²) in [6.45, 7) is 0. The van der Waals surface area contributed by atoms with Crippen molar-refractivity contribution >= 4 is 11.9 Å². The van der Waals surface area contributed by atoms with Crippen LogP contribution in [0.4, 0.5) is 13.2 Å². The number of alkyl halides is 3. The van der Waals surface area contributed by atoms with Crippen molar-refractivity contribution in [2.75, 3.05) is 0 Å². The van der Waals surface area contributed by atoms with Crippen molar-refractivity contribution in [3.05, 3.63) is 11.9 Å². The minimum absolute atomic E-state index is 0.234. The highest BCUT2D eigenvalue weighted by Crippen LogP contribution is 2.32. The lowest BCUT2D eigenvalue weighted by Gasteiger charge is -2.35. The fourth-order valence-electron chi connectivity index (χ4n) is 1.74. The van der Waals surface area contributed by atoms with Gasteiger partial charge in [-0.2, -0.15) is 13.2 Å². The van der Waals surface area contributed by atoms with E-state index in [0.717, 1.165) is 0 Å². The van der Waals surface area contributed by atoms with Gasteiger partial charge in [-0.05, 0) is 12.8 Å². The highest BCUT2D eigenvalue weighted by molar-refractivity contribution is 5.84. The summed E-state index contributed by atoms with van der Waals surface area (Å²) in [4.78, 5) is 21.2. The van der Waals surface area contributed by atoms with E-state index in [1.807, 2.05) is 5.32 Å². The number of rotatable bonds is 3. The van der Waals surface area contributed by atoms with E-state index < -0.39 is 24.1 Å². The van der Waals surface area contributed by atoms with Gasteiger partial charge in [0.05, 0.1) is 12.2 Å². The molecule has 1 amide bonds. The normalized spacial score (nSPS) is 22.7. The highest BCUT2D eigenvalue weighted by atomic mass is 19.4. The summed E-state index contributed by atoms with van der Waals surface area (Å²) in [6, 6.07) is -0.837. The quantitative estimate of drug-likeness (QED) is 0.832. The van der Waals surface area contributed by atoms with Crippen LogP contribution in [0.25, 0.3) is 0 Å². The Morgan fingerprint density at radius 3 is 2.53 bits per heavy atom. The van der Waals surface area contributed by atoms with Crippen LogP contribution in [0.3, 0.4) is 0 Å². The molecule has 0 aliphatic heterocycles. The Balaban J connectivity index is 1.86. The Bertz CT molecular complexity index is 507. The first-order valence-electron chi connectivity index (χ1n) is 5.30. The summed E-state index contributed by atoms with van der Waals surface area (Å²) in [5.74, 6) is -3.20. The van der Waals surface area contributed by atoms with E-state index >= 15 is 0 Å². The van der Waals surface area contributed by atoms with Gasteiger partial charge in [0, 0.05) is 6.04 Å². The van der Waals surface area contributed by atoms with Gasteiger partial charge in [-0.3, -0.25) is 4.79 Å². The molecule has 1 saturated carbocycles. The lowest BCUT2D eigenvalue weighted by atomic mass is 9.87. The van der Waals surface area contributed by atoms with Crippen LogP contribution in [0, 0.1) is 0 Å². The molecule has 1 aliphatic carbocycles. The zero-order valence-electron chi connectivity index (χ0n) is 9.39. The Hall–Kier alpha value is -2.13. The molecule has 0 atom stereocenters. The molecule has 0 spiro atoms. The standard InChI is InChI=1S/C9H9F3N4O3/c10-9(11,12)8(19)13-4-1-5(2-4)16-3-6(7(17)18)14-15-16/h3-5H,1-2H2,(H,13,19)(H,17,18). The number of carbonyl (C=O) groups excluding carboxylic acids is 1. The van der Waals surface area contributed by atoms with Gasteiger partial charge in [0.25, 0.3) is 0 Å². The van der Waals surface area contributed by atoms with E-state index in [1.165, 1.54) is 10.9 Å². The molecular weight excluding hydrogens is 269 g/mol. The molecular formula is C9H9F3N4O3. The molecule has 0 saturated heterocycles. The van der Waals surface area contributed by atoms with Gasteiger partial charge in [-0.1, -0.05) is 5.21 Å². The molecule has 1 heterocycles. The van der Waals surface area contributed by atoms with Gasteiger partial charge in [-0.15, -0.1) is 5.10 Å². The van der Waals surface area contributed by atoms with Crippen molar-refractivity contribution in [3.8, 4) is 0 Å². The Kier molecular flexibility index (Phi) is 3.16. The topological polar surface area (TPSA) is 97.1 Å². The lowest BCUT2D eigenvalue weighted by Crippen LogP contribution is -2.49. The number of halogens is 3. The minimum Gasteiger partial charge on any atom is -0.476 e. The maximum absolute atomic E-state index is 12.0. The number of hydrogen-bond donors (Lipinski definition) is 2. The molecule has 0 radical (unpaired) electrons. The molecule has 19 heavy (non-hydrogen) atoms. The van der Waals surface area contributed by atoms with Crippen LogP contribution < -0.4 is 5.32 Å². The van der Waals surface area contributed by atoms with Gasteiger partial charge in [-0.25, -0.2) is 9.48 Å². The number of amides is 1. The van der Waals surface area contributed by atoms with Crippen LogP contribution in [0.2, 0.25) is 0 Å². The van der Waals surface area contributed by atoms with Crippen molar-refractivity contribution < 1.29 is 27.9 Å². The van der Waals surface area contributed by atoms with Crippen LogP contribution in [0.1, 0.15) is 29.4 Å². The summed E-state index contributed by atoms with van der Waals surface area (Å²) >= 11 is 0. The monoisotopic (exact) mass is 278 g/mol. The van der Waals surface area contributed by atoms with Crippen molar-refractivity contribution in [3.63, 3.8) is 0 Å². The summed E-state index contributed by atoms with van der Waals surface area (Å²) in [7, 11) is 0. The second-order valence-corrected chi connectivity index (χ2v) is 4.18. The van der Waals surface area contributed by atoms with E-state index in [4.69, 9.17) is 5.11 Å². The molecule has 7 nitrogen and oxygen atoms in total. The van der Waals surface area contributed by atoms with E-state index in [1.54, 1.807) is 0 Å². The zero-order chi connectivity index (χ0) is 14.2. The molecule has 1 aromatic heterocycles. The predicted molar refractivity (Wildman–Crippen MR) is 53.2 cm³/mol. The molecule has 104 valence electrons. The molecule has 1 fully saturated rings. The Morgan fingerprint density at radius 2 is 2.05 bits per heavy atom. The summed E-state index contributed by atoms with van der Waals surface area (Å²) in [5, 5.41) is 17.4. The molecule has 1 aliphatic rings. The van der Waals surface area contributed by atoms with Crippen LogP contribution in [0.15, 0.2) is 6.20 Å². The summed E-state index contributed by atoms with van der Waals surface area (Å²) < 4.78 is 37.2. The van der Waals surface area contributed by atoms with E-state index in [9.17, 15) is 22.8 Å². The largest absolute Gasteiger partial charge is 0.476 e. The number of nitrogens with zero attached hydrogens (tertiary/aromatic N) is 3. The van der Waals surface area contributed by atoms with Gasteiger partial charge in [0.15, 0.2) is 5.69 Å². The lowest BCUT2D eigenvalue weighted by molar-refractivity contribution is -0.175. The highest BCUT2D eigenvalue weighted by Gasteiger charge is 2.42. The average Bonchev–Trinajstić information content (AvgIpc) is 2.69. The van der Waals surface area contributed by atoms with E-state index in [0.29, 0.717) is 0 Å². The van der Waals surface area contributed by atoms with Crippen LogP contribution in [-0.2, 0) is 4.79 Å². The molecule has 0 bridgehead atoms. The van der Waals surface area contributed by atoms with Gasteiger partial charge in [0.2, 0.25) is 0 Å². The van der Waals surface area contributed by atoms with Gasteiger partial charge in [0.1, 0.15) is 0 Å². The fourth-order valence-corrected chi connectivity index (χ4v) is 1.74. The van der Waals surface area contributed by atoms with Crippen molar-refractivity contribution in [1.82, 2.24) is 20.3 Å². The second-order valence-electron chi connectivity index (χ2n) is 4.18. The second kappa shape index (κ2) is 4.52. The smallest absolute Gasteiger partial charge is 0.471 e. The fraction of sp³-hybridized carbons (Fsp3) is 0.556. The first-order valence-corrected chi connectivity index (χ1v) is 5.30. The Morgan fingerprint density at radius 1 is 1.42 bits per heavy atom. The number of carbonyl (C=O) groups is 2. The first-order chi connectivity index (χ1) is 8.77. The zero-order valence-corrected chi connectivity index (χ0v) is 9.39. The molecule has 2 N–H and O–H groups in total. The molecule has 0 aromatic carbocycles. The maximum atomic E-state index is 12.0. The van der Waals surface area contributed by atoms with Gasteiger partial charge >= 0.3 is 18.1 Å². The minimum atomic E-state index is -4.89. The predicted octanol–water partition coefficient (Wildman–Crippen LogP) is 0.358. The van der Waals surface area contributed by atoms with Crippen LogP contribution in [0.5, 0.6) is 0 Å². The van der Waals surface area contributed by atoms with E-state index in [-0.39, 0.29) is 24.6 Å². The first kappa shape index (κ1) is 13.3. The summed E-state index contributed by atoms with van der Waals surface area (Å²) in [5.41, 5.74) is -0.234. The molecule has 2 rings (SSSR count).